The molecule has 0 aromatic heterocycles. The molecule has 0 saturated carbocycles. The van der Waals surface area contributed by atoms with E-state index in [4.69, 9.17) is 0 Å². The lowest BCUT2D eigenvalue weighted by Gasteiger charge is -2.12. The van der Waals surface area contributed by atoms with Crippen LogP contribution in [0.1, 0.15) is 22.3 Å². The van der Waals surface area contributed by atoms with Crippen LogP contribution in [0, 0.1) is 13.8 Å². The van der Waals surface area contributed by atoms with E-state index in [0.717, 1.165) is 16.7 Å². The highest BCUT2D eigenvalue weighted by atomic mass is 16.3. The van der Waals surface area contributed by atoms with E-state index in [0.29, 0.717) is 12.0 Å². The summed E-state index contributed by atoms with van der Waals surface area (Å²) in [6.45, 7) is 3.62. The molecule has 2 rings (SSSR count). The predicted molar refractivity (Wildman–Crippen MR) is 68.5 cm³/mol. The first-order valence-electron chi connectivity index (χ1n) is 5.64. The maximum atomic E-state index is 9.95. The molecule has 0 aliphatic carbocycles. The number of aromatic hydroxyl groups is 2. The molecule has 2 N–H and O–H groups in total. The number of phenols is 2. The van der Waals surface area contributed by atoms with Gasteiger partial charge in [-0.3, -0.25) is 0 Å². The van der Waals surface area contributed by atoms with Crippen LogP contribution in [0.4, 0.5) is 0 Å². The standard InChI is InChI=1S/C15H16O2/c1-10-8-14(16)13(11(2)15(10)17)9-12-6-4-3-5-7-12/h3-8,16-17H,9H2,1-2H3. The second-order valence-electron chi connectivity index (χ2n) is 4.33. The van der Waals surface area contributed by atoms with Crippen molar-refractivity contribution < 1.29 is 10.2 Å². The maximum Gasteiger partial charge on any atom is 0.121 e. The van der Waals surface area contributed by atoms with Gasteiger partial charge in [0, 0.05) is 12.0 Å². The smallest absolute Gasteiger partial charge is 0.121 e. The molecule has 0 saturated heterocycles. The van der Waals surface area contributed by atoms with Gasteiger partial charge in [0.1, 0.15) is 11.5 Å². The molecule has 0 aliphatic heterocycles. The number of hydrogen-bond acceptors (Lipinski definition) is 2. The van der Waals surface area contributed by atoms with E-state index in [1.54, 1.807) is 13.0 Å². The minimum absolute atomic E-state index is 0.252. The van der Waals surface area contributed by atoms with Crippen molar-refractivity contribution in [3.05, 3.63) is 58.7 Å². The Morgan fingerprint density at radius 1 is 1.00 bits per heavy atom. The quantitative estimate of drug-likeness (QED) is 0.774. The average Bonchev–Trinajstić information content (AvgIpc) is 2.33. The minimum Gasteiger partial charge on any atom is -0.508 e. The van der Waals surface area contributed by atoms with Gasteiger partial charge in [0.2, 0.25) is 0 Å². The Bertz CT molecular complexity index is 530. The molecule has 0 fully saturated rings. The molecule has 0 bridgehead atoms. The summed E-state index contributed by atoms with van der Waals surface area (Å²) in [6, 6.07) is 11.5. The minimum atomic E-state index is 0.252. The van der Waals surface area contributed by atoms with Crippen molar-refractivity contribution in [1.82, 2.24) is 0 Å². The van der Waals surface area contributed by atoms with E-state index in [1.165, 1.54) is 0 Å². The lowest BCUT2D eigenvalue weighted by atomic mass is 9.97. The zero-order valence-electron chi connectivity index (χ0n) is 10.1. The summed E-state index contributed by atoms with van der Waals surface area (Å²) in [5.74, 6) is 0.524. The third kappa shape index (κ3) is 2.26. The Morgan fingerprint density at radius 3 is 2.29 bits per heavy atom. The van der Waals surface area contributed by atoms with Gasteiger partial charge in [-0.05, 0) is 36.6 Å². The van der Waals surface area contributed by atoms with Gasteiger partial charge in [-0.1, -0.05) is 30.3 Å². The third-order valence-corrected chi connectivity index (χ3v) is 3.07. The number of benzene rings is 2. The highest BCUT2D eigenvalue weighted by Crippen LogP contribution is 2.33. The Balaban J connectivity index is 2.43. The van der Waals surface area contributed by atoms with Gasteiger partial charge in [-0.2, -0.15) is 0 Å². The molecule has 0 unspecified atom stereocenters. The van der Waals surface area contributed by atoms with Crippen molar-refractivity contribution in [2.24, 2.45) is 0 Å². The van der Waals surface area contributed by atoms with Gasteiger partial charge in [0.05, 0.1) is 0 Å². The van der Waals surface area contributed by atoms with E-state index in [2.05, 4.69) is 0 Å². The largest absolute Gasteiger partial charge is 0.508 e. The number of rotatable bonds is 2. The maximum absolute atomic E-state index is 9.95. The zero-order chi connectivity index (χ0) is 12.4. The summed E-state index contributed by atoms with van der Waals surface area (Å²) < 4.78 is 0. The van der Waals surface area contributed by atoms with Gasteiger partial charge in [0.15, 0.2) is 0 Å². The molecule has 0 atom stereocenters. The topological polar surface area (TPSA) is 40.5 Å². The second kappa shape index (κ2) is 4.50. The summed E-state index contributed by atoms with van der Waals surface area (Å²) in [5, 5.41) is 19.8. The molecule has 0 heterocycles. The van der Waals surface area contributed by atoms with E-state index in [-0.39, 0.29) is 11.5 Å². The molecular formula is C15H16O2. The molecule has 2 heteroatoms. The van der Waals surface area contributed by atoms with E-state index < -0.39 is 0 Å². The van der Waals surface area contributed by atoms with E-state index in [9.17, 15) is 10.2 Å². The summed E-state index contributed by atoms with van der Waals surface area (Å²) >= 11 is 0. The van der Waals surface area contributed by atoms with Crippen LogP contribution in [0.5, 0.6) is 11.5 Å². The van der Waals surface area contributed by atoms with Crippen molar-refractivity contribution >= 4 is 0 Å². The van der Waals surface area contributed by atoms with E-state index >= 15 is 0 Å². The first-order chi connectivity index (χ1) is 8.09. The van der Waals surface area contributed by atoms with Gasteiger partial charge in [0.25, 0.3) is 0 Å². The van der Waals surface area contributed by atoms with Gasteiger partial charge >= 0.3 is 0 Å². The SMILES string of the molecule is Cc1cc(O)c(Cc2ccccc2)c(C)c1O. The third-order valence-electron chi connectivity index (χ3n) is 3.07. The fourth-order valence-electron chi connectivity index (χ4n) is 2.01. The molecule has 17 heavy (non-hydrogen) atoms. The predicted octanol–water partition coefficient (Wildman–Crippen LogP) is 3.31. The highest BCUT2D eigenvalue weighted by molar-refractivity contribution is 5.52. The van der Waals surface area contributed by atoms with Gasteiger partial charge in [-0.25, -0.2) is 0 Å². The first-order valence-corrected chi connectivity index (χ1v) is 5.64. The molecule has 2 aromatic carbocycles. The Labute approximate surface area is 101 Å². The lowest BCUT2D eigenvalue weighted by Crippen LogP contribution is -1.94. The van der Waals surface area contributed by atoms with Crippen LogP contribution in [-0.2, 0) is 6.42 Å². The van der Waals surface area contributed by atoms with Gasteiger partial charge < -0.3 is 10.2 Å². The van der Waals surface area contributed by atoms with Crippen LogP contribution >= 0.6 is 0 Å². The molecule has 2 nitrogen and oxygen atoms in total. The van der Waals surface area contributed by atoms with Crippen molar-refractivity contribution in [2.45, 2.75) is 20.3 Å². The van der Waals surface area contributed by atoms with Crippen molar-refractivity contribution in [2.75, 3.05) is 0 Å². The fourth-order valence-corrected chi connectivity index (χ4v) is 2.01. The Kier molecular flexibility index (Phi) is 3.05. The zero-order valence-corrected chi connectivity index (χ0v) is 10.1. The highest BCUT2D eigenvalue weighted by Gasteiger charge is 2.12. The van der Waals surface area contributed by atoms with Crippen LogP contribution in [0.25, 0.3) is 0 Å². The van der Waals surface area contributed by atoms with Crippen LogP contribution in [0.2, 0.25) is 0 Å². The lowest BCUT2D eigenvalue weighted by molar-refractivity contribution is 0.448. The molecule has 0 radical (unpaired) electrons. The van der Waals surface area contributed by atoms with Crippen LogP contribution in [0.3, 0.4) is 0 Å². The molecule has 0 aliphatic rings. The van der Waals surface area contributed by atoms with Gasteiger partial charge in [-0.15, -0.1) is 0 Å². The normalized spacial score (nSPS) is 10.5. The average molecular weight is 228 g/mol. The summed E-state index contributed by atoms with van der Waals surface area (Å²) in [4.78, 5) is 0. The number of hydrogen-bond donors (Lipinski definition) is 2. The summed E-state index contributed by atoms with van der Waals surface area (Å²) in [5.41, 5.74) is 3.37. The fraction of sp³-hybridized carbons (Fsp3) is 0.200. The Hall–Kier alpha value is -1.96. The number of aryl methyl sites for hydroxylation is 1. The molecule has 88 valence electrons. The van der Waals surface area contributed by atoms with E-state index in [1.807, 2.05) is 37.3 Å². The van der Waals surface area contributed by atoms with Crippen LogP contribution in [-0.4, -0.2) is 10.2 Å². The first kappa shape index (κ1) is 11.5. The van der Waals surface area contributed by atoms with Crippen molar-refractivity contribution in [3.8, 4) is 11.5 Å². The van der Waals surface area contributed by atoms with Crippen molar-refractivity contribution in [3.63, 3.8) is 0 Å². The monoisotopic (exact) mass is 228 g/mol. The molecule has 0 amide bonds. The van der Waals surface area contributed by atoms with Crippen LogP contribution in [0.15, 0.2) is 36.4 Å². The Morgan fingerprint density at radius 2 is 1.65 bits per heavy atom. The summed E-state index contributed by atoms with van der Waals surface area (Å²) in [7, 11) is 0. The van der Waals surface area contributed by atoms with Crippen molar-refractivity contribution in [1.29, 1.82) is 0 Å². The number of phenolic OH excluding ortho intramolecular Hbond substituents is 2. The molecule has 0 spiro atoms. The van der Waals surface area contributed by atoms with Crippen LogP contribution < -0.4 is 0 Å². The summed E-state index contributed by atoms with van der Waals surface area (Å²) in [6.07, 6.45) is 0.631. The second-order valence-corrected chi connectivity index (χ2v) is 4.33. The molecular weight excluding hydrogens is 212 g/mol. The molecule has 2 aromatic rings.